The summed E-state index contributed by atoms with van der Waals surface area (Å²) in [6.45, 7) is 3.25. The highest BCUT2D eigenvalue weighted by atomic mass is 31.2. The summed E-state index contributed by atoms with van der Waals surface area (Å²) >= 11 is 0. The molecule has 0 radical (unpaired) electrons. The number of carbonyl (C=O) groups excluding carboxylic acids is 2. The van der Waals surface area contributed by atoms with Gasteiger partial charge in [-0.2, -0.15) is 0 Å². The van der Waals surface area contributed by atoms with Crippen LogP contribution in [0.3, 0.4) is 0 Å². The van der Waals surface area contributed by atoms with Crippen LogP contribution in [0.25, 0.3) is 0 Å². The maximum Gasteiger partial charge on any atom is 0.472 e. The molecule has 0 heterocycles. The summed E-state index contributed by atoms with van der Waals surface area (Å²) in [6.07, 6.45) is 22.3. The average Bonchev–Trinajstić information content (AvgIpc) is 3.19. The van der Waals surface area contributed by atoms with E-state index in [1.807, 2.05) is 0 Å². The Morgan fingerprint density at radius 2 is 0.947 bits per heavy atom. The molecule has 6 N–H and O–H groups in total. The van der Waals surface area contributed by atoms with Crippen molar-refractivity contribution in [2.24, 2.45) is 0 Å². The van der Waals surface area contributed by atoms with E-state index in [0.29, 0.717) is 12.8 Å². The lowest BCUT2D eigenvalue weighted by molar-refractivity contribution is -0.220. The monoisotopic (exact) mass is 835 g/mol. The lowest BCUT2D eigenvalue weighted by Gasteiger charge is -2.41. The minimum atomic E-state index is -5.11. The van der Waals surface area contributed by atoms with Gasteiger partial charge in [-0.15, -0.1) is 0 Å². The molecule has 0 amide bonds. The first kappa shape index (κ1) is 53.3. The Balaban J connectivity index is 2.49. The second-order valence-electron chi connectivity index (χ2n) is 15.6. The Bertz CT molecular complexity index is 1100. The van der Waals surface area contributed by atoms with Gasteiger partial charge in [-0.05, 0) is 44.9 Å². The van der Waals surface area contributed by atoms with Crippen LogP contribution in [0, 0.1) is 0 Å². The van der Waals surface area contributed by atoms with Crippen molar-refractivity contribution in [3.63, 3.8) is 0 Å². The minimum absolute atomic E-state index is 0.0831. The molecular formula is C43H79O13P. The Kier molecular flexibility index (Phi) is 31.9. The second-order valence-corrected chi connectivity index (χ2v) is 17.0. The maximum absolute atomic E-state index is 12.8. The van der Waals surface area contributed by atoms with Crippen LogP contribution in [0.5, 0.6) is 0 Å². The average molecular weight is 835 g/mol. The number of ether oxygens (including phenoxy) is 2. The van der Waals surface area contributed by atoms with Crippen LogP contribution < -0.4 is 0 Å². The third-order valence-electron chi connectivity index (χ3n) is 10.3. The smallest absolute Gasteiger partial charge is 0.462 e. The fourth-order valence-electron chi connectivity index (χ4n) is 6.67. The van der Waals surface area contributed by atoms with Crippen molar-refractivity contribution in [2.75, 3.05) is 13.2 Å². The van der Waals surface area contributed by atoms with Crippen molar-refractivity contribution in [3.8, 4) is 0 Å². The molecule has 13 nitrogen and oxygen atoms in total. The van der Waals surface area contributed by atoms with Crippen molar-refractivity contribution in [1.82, 2.24) is 0 Å². The van der Waals surface area contributed by atoms with Crippen molar-refractivity contribution >= 4 is 19.8 Å². The van der Waals surface area contributed by atoms with Gasteiger partial charge in [-0.25, -0.2) is 4.57 Å². The maximum atomic E-state index is 12.8. The fourth-order valence-corrected chi connectivity index (χ4v) is 7.64. The van der Waals surface area contributed by atoms with Gasteiger partial charge in [0.25, 0.3) is 0 Å². The largest absolute Gasteiger partial charge is 0.472 e. The zero-order chi connectivity index (χ0) is 42.2. The van der Waals surface area contributed by atoms with Crippen molar-refractivity contribution in [1.29, 1.82) is 0 Å². The summed E-state index contributed by atoms with van der Waals surface area (Å²) in [5.74, 6) is -1.11. The summed E-state index contributed by atoms with van der Waals surface area (Å²) in [4.78, 5) is 35.6. The molecule has 0 aromatic carbocycles. The number of carbonyl (C=O) groups is 2. The normalized spacial score (nSPS) is 22.9. The molecule has 1 aliphatic rings. The van der Waals surface area contributed by atoms with Gasteiger partial charge >= 0.3 is 19.8 Å². The van der Waals surface area contributed by atoms with Crippen LogP contribution in [-0.2, 0) is 32.7 Å². The number of hydrogen-bond acceptors (Lipinski definition) is 12. The minimum Gasteiger partial charge on any atom is -0.462 e. The predicted molar refractivity (Wildman–Crippen MR) is 221 cm³/mol. The molecular weight excluding hydrogens is 755 g/mol. The van der Waals surface area contributed by atoms with E-state index >= 15 is 0 Å². The summed E-state index contributed by atoms with van der Waals surface area (Å²) in [6, 6.07) is 0. The molecule has 1 saturated carbocycles. The molecule has 0 spiro atoms. The quantitative estimate of drug-likeness (QED) is 0.0153. The first-order chi connectivity index (χ1) is 27.4. The number of aliphatic hydroxyl groups is 5. The number of unbranched alkanes of at least 4 members (excludes halogenated alkanes) is 20. The van der Waals surface area contributed by atoms with Crippen LogP contribution in [0.1, 0.15) is 181 Å². The summed E-state index contributed by atoms with van der Waals surface area (Å²) < 4.78 is 33.5. The van der Waals surface area contributed by atoms with E-state index in [-0.39, 0.29) is 12.8 Å². The van der Waals surface area contributed by atoms with Gasteiger partial charge in [0.15, 0.2) is 6.10 Å². The molecule has 57 heavy (non-hydrogen) atoms. The number of phosphoric acid groups is 1. The molecule has 0 aliphatic heterocycles. The zero-order valence-corrected chi connectivity index (χ0v) is 36.0. The van der Waals surface area contributed by atoms with E-state index in [2.05, 4.69) is 38.2 Å². The molecule has 0 bridgehead atoms. The van der Waals surface area contributed by atoms with E-state index in [0.717, 1.165) is 64.2 Å². The number of allylic oxidation sites excluding steroid dienone is 4. The van der Waals surface area contributed by atoms with Gasteiger partial charge < -0.3 is 39.9 Å². The van der Waals surface area contributed by atoms with Gasteiger partial charge in [-0.1, -0.05) is 147 Å². The first-order valence-corrected chi connectivity index (χ1v) is 23.6. The molecule has 8 atom stereocenters. The Morgan fingerprint density at radius 1 is 0.544 bits per heavy atom. The molecule has 0 saturated heterocycles. The Labute approximate surface area is 343 Å². The molecule has 1 fully saturated rings. The van der Waals surface area contributed by atoms with E-state index in [4.69, 9.17) is 18.5 Å². The van der Waals surface area contributed by atoms with E-state index in [9.17, 15) is 44.6 Å². The molecule has 3 unspecified atom stereocenters. The molecule has 14 heteroatoms. The number of esters is 2. The number of aliphatic hydroxyl groups excluding tert-OH is 5. The Hall–Kier alpha value is -1.67. The van der Waals surface area contributed by atoms with Gasteiger partial charge in [0.1, 0.15) is 43.2 Å². The Morgan fingerprint density at radius 3 is 1.46 bits per heavy atom. The van der Waals surface area contributed by atoms with Crippen LogP contribution >= 0.6 is 7.82 Å². The van der Waals surface area contributed by atoms with Crippen LogP contribution in [0.4, 0.5) is 0 Å². The highest BCUT2D eigenvalue weighted by molar-refractivity contribution is 7.47. The van der Waals surface area contributed by atoms with Gasteiger partial charge in [-0.3, -0.25) is 18.6 Å². The number of rotatable bonds is 36. The van der Waals surface area contributed by atoms with E-state index in [1.165, 1.54) is 77.0 Å². The lowest BCUT2D eigenvalue weighted by Crippen LogP contribution is -2.64. The lowest BCUT2D eigenvalue weighted by atomic mass is 9.85. The molecule has 1 aliphatic carbocycles. The highest BCUT2D eigenvalue weighted by Gasteiger charge is 2.51. The molecule has 334 valence electrons. The van der Waals surface area contributed by atoms with Crippen molar-refractivity contribution in [3.05, 3.63) is 24.3 Å². The van der Waals surface area contributed by atoms with Crippen LogP contribution in [0.15, 0.2) is 24.3 Å². The van der Waals surface area contributed by atoms with Crippen molar-refractivity contribution in [2.45, 2.75) is 224 Å². The second kappa shape index (κ2) is 34.1. The van der Waals surface area contributed by atoms with Gasteiger partial charge in [0.05, 0.1) is 6.61 Å². The van der Waals surface area contributed by atoms with E-state index in [1.54, 1.807) is 0 Å². The first-order valence-electron chi connectivity index (χ1n) is 22.1. The topological polar surface area (TPSA) is 210 Å². The summed E-state index contributed by atoms with van der Waals surface area (Å²) in [5.41, 5.74) is 0. The van der Waals surface area contributed by atoms with E-state index < -0.39 is 75.7 Å². The third kappa shape index (κ3) is 26.9. The fraction of sp³-hybridized carbons (Fsp3) is 0.860. The third-order valence-corrected chi connectivity index (χ3v) is 11.3. The summed E-state index contributed by atoms with van der Waals surface area (Å²) in [7, 11) is -5.11. The standard InChI is InChI=1S/C43H79O13P/c1-3-5-7-9-11-13-15-17-18-20-22-24-26-28-30-32-37(45)55-35(34-54-57(51,52)56-43-41(49)39(47)38(46)40(48)42(43)50)33-53-36(44)31-29-27-25-23-21-19-16-14-12-10-8-6-4-2/h11,13,17-18,35,38-43,46-50H,3-10,12,14-16,19-34H2,1-2H3,(H,51,52)/b13-11+,18-17+/t35-,38?,39-,40+,41-,42-,43?/m1/s1. The summed E-state index contributed by atoms with van der Waals surface area (Å²) in [5, 5.41) is 50.1. The predicted octanol–water partition coefficient (Wildman–Crippen LogP) is 8.06. The van der Waals surface area contributed by atoms with Crippen LogP contribution in [-0.4, -0.2) is 98.3 Å². The van der Waals surface area contributed by atoms with Gasteiger partial charge in [0, 0.05) is 12.8 Å². The van der Waals surface area contributed by atoms with Gasteiger partial charge in [0.2, 0.25) is 0 Å². The van der Waals surface area contributed by atoms with Crippen molar-refractivity contribution < 1.29 is 63.1 Å². The zero-order valence-electron chi connectivity index (χ0n) is 35.1. The van der Waals surface area contributed by atoms with Crippen LogP contribution in [0.2, 0.25) is 0 Å². The number of hydrogen-bond donors (Lipinski definition) is 6. The molecule has 0 aromatic rings. The highest BCUT2D eigenvalue weighted by Crippen LogP contribution is 2.47. The SMILES string of the molecule is CCCCC/C=C/C/C=C/CCCCCCCC(=O)O[C@H](COC(=O)CCCCCCCCCCCCCCC)COP(=O)(O)OC1[C@H](O)[C@H](O)C(O)[C@H](O)[C@H]1O. The molecule has 0 aromatic heterocycles. The molecule has 1 rings (SSSR count). The number of phosphoric ester groups is 1.